The van der Waals surface area contributed by atoms with Crippen LogP contribution in [0.3, 0.4) is 0 Å². The zero-order valence-electron chi connectivity index (χ0n) is 57.6. The Labute approximate surface area is 503 Å². The van der Waals surface area contributed by atoms with Crippen molar-refractivity contribution in [3.05, 3.63) is 36.7 Å². The van der Waals surface area contributed by atoms with E-state index < -0.39 is 0 Å². The van der Waals surface area contributed by atoms with E-state index in [-0.39, 0.29) is 0 Å². The van der Waals surface area contributed by atoms with E-state index in [0.29, 0.717) is 50.0 Å². The average molecular weight is 1120 g/mol. The molecule has 7 heteroatoms. The van der Waals surface area contributed by atoms with Gasteiger partial charge in [-0.3, -0.25) is 4.90 Å². The summed E-state index contributed by atoms with van der Waals surface area (Å²) in [5.74, 6) is 8.42. The van der Waals surface area contributed by atoms with Gasteiger partial charge in [0, 0.05) is 93.5 Å². The minimum absolute atomic E-state index is 0.458. The summed E-state index contributed by atoms with van der Waals surface area (Å²) in [6, 6.07) is 6.53. The van der Waals surface area contributed by atoms with E-state index in [2.05, 4.69) is 224 Å². The van der Waals surface area contributed by atoms with Gasteiger partial charge in [-0.2, -0.15) is 0 Å². The molecule has 0 aromatic rings. The van der Waals surface area contributed by atoms with E-state index in [9.17, 15) is 0 Å². The Morgan fingerprint density at radius 3 is 1.27 bits per heavy atom. The SMILES string of the molecule is CC(C)(C)C1CC2C=CC(C1)N2.CC(C)(C)C1CC2C=CN1C2.CC(C)(C)C1CC2CCC(C1)N2.CC(C)(C)C1CC2CCN1C2.CC(C)(C)C1CN2C=CC1C2.CC(C)(C)C1CN2CCC1C2.CN1C2CCC1CC(C(C)(C)C)C2. The predicted octanol–water partition coefficient (Wildman–Crippen LogP) is 16.3. The third-order valence-corrected chi connectivity index (χ3v) is 24.1. The maximum atomic E-state index is 3.69. The summed E-state index contributed by atoms with van der Waals surface area (Å²) in [5, 5.41) is 7.27. The molecule has 14 aliphatic rings. The summed E-state index contributed by atoms with van der Waals surface area (Å²) in [6.07, 6.45) is 33.8. The molecule has 16 atom stereocenters. The third-order valence-electron chi connectivity index (χ3n) is 24.1. The lowest BCUT2D eigenvalue weighted by Gasteiger charge is -2.42. The molecule has 14 bridgehead atoms. The molecule has 16 unspecified atom stereocenters. The van der Waals surface area contributed by atoms with Crippen molar-refractivity contribution in [1.29, 1.82) is 0 Å². The smallest absolute Gasteiger partial charge is 0.0339 e. The molecule has 11 fully saturated rings. The number of hydrogen-bond acceptors (Lipinski definition) is 7. The number of rotatable bonds is 0. The fourth-order valence-electron chi connectivity index (χ4n) is 18.3. The van der Waals surface area contributed by atoms with E-state index >= 15 is 0 Å². The molecular formula is C74H135N7. The molecule has 14 rings (SSSR count). The number of nitrogens with one attached hydrogen (secondary N) is 2. The maximum Gasteiger partial charge on any atom is 0.0339 e. The lowest BCUT2D eigenvalue weighted by molar-refractivity contribution is 0.0736. The van der Waals surface area contributed by atoms with E-state index in [4.69, 9.17) is 0 Å². The Morgan fingerprint density at radius 2 is 0.938 bits per heavy atom. The molecule has 0 saturated carbocycles. The van der Waals surface area contributed by atoms with Gasteiger partial charge in [0.05, 0.1) is 0 Å². The fraction of sp³-hybridized carbons (Fsp3) is 0.919. The van der Waals surface area contributed by atoms with Crippen molar-refractivity contribution in [2.75, 3.05) is 59.4 Å². The standard InChI is InChI=1S/C12H23N.C11H21N.C11H19N.C10H19N.C10H17N.C10H19N.C10H17N/c1-12(2,3)9-7-10-5-6-11(8-9)13(10)4;2*1-11(2,3)8-6-9-4-5-10(7-8)12-9;2*1-10(2,3)9-7-11-5-4-8(9)6-11;2*1-10(2,3)9-6-8-4-5-11(9)7-8/h9-11H,5-8H2,1-4H3;8-10,12H,4-7H2,1-3H3;4-5,8-10,12H,6-7H2,1-3H3;8-9H,4-7H2,1-3H3;4-5,8-9H,6-7H2,1-3H3;8-9H,4-7H2,1-3H3;4-5,8-9H,6-7H2,1-3H3. The van der Waals surface area contributed by atoms with Crippen molar-refractivity contribution < 1.29 is 0 Å². The summed E-state index contributed by atoms with van der Waals surface area (Å²) in [6.45, 7) is 60.6. The number of hydrogen-bond donors (Lipinski definition) is 2. The van der Waals surface area contributed by atoms with Gasteiger partial charge >= 0.3 is 0 Å². The Bertz CT molecular complexity index is 1940. The fourth-order valence-corrected chi connectivity index (χ4v) is 18.3. The first-order valence-corrected chi connectivity index (χ1v) is 34.6. The van der Waals surface area contributed by atoms with Crippen molar-refractivity contribution in [2.45, 2.75) is 284 Å². The van der Waals surface area contributed by atoms with Gasteiger partial charge in [0.1, 0.15) is 0 Å². The molecule has 14 heterocycles. The van der Waals surface area contributed by atoms with Crippen LogP contribution in [0.5, 0.6) is 0 Å². The van der Waals surface area contributed by atoms with Crippen LogP contribution in [0.15, 0.2) is 36.7 Å². The lowest BCUT2D eigenvalue weighted by Crippen LogP contribution is -2.43. The van der Waals surface area contributed by atoms with Crippen molar-refractivity contribution in [3.63, 3.8) is 0 Å². The van der Waals surface area contributed by atoms with Crippen LogP contribution in [0.1, 0.15) is 235 Å². The summed E-state index contributed by atoms with van der Waals surface area (Å²) >= 11 is 0. The highest BCUT2D eigenvalue weighted by Gasteiger charge is 2.46. The van der Waals surface area contributed by atoms with Crippen LogP contribution in [0.2, 0.25) is 0 Å². The largest absolute Gasteiger partial charge is 0.377 e. The van der Waals surface area contributed by atoms with Crippen molar-refractivity contribution >= 4 is 0 Å². The summed E-state index contributed by atoms with van der Waals surface area (Å²) in [4.78, 5) is 12.9. The number of piperidine rings is 5. The molecule has 0 radical (unpaired) electrons. The van der Waals surface area contributed by atoms with Gasteiger partial charge in [-0.05, 0) is 208 Å². The quantitative estimate of drug-likeness (QED) is 0.234. The van der Waals surface area contributed by atoms with Crippen LogP contribution in [-0.2, 0) is 0 Å². The minimum Gasteiger partial charge on any atom is -0.377 e. The first-order chi connectivity index (χ1) is 37.4. The van der Waals surface area contributed by atoms with Crippen LogP contribution >= 0.6 is 0 Å². The molecule has 11 saturated heterocycles. The Balaban J connectivity index is 0.000000124. The molecule has 0 amide bonds. The number of fused-ring (bicyclic) bond motifs is 14. The second kappa shape index (κ2) is 25.4. The molecule has 7 nitrogen and oxygen atoms in total. The Hall–Kier alpha value is -1.38. The van der Waals surface area contributed by atoms with Gasteiger partial charge in [-0.15, -0.1) is 0 Å². The van der Waals surface area contributed by atoms with Crippen LogP contribution < -0.4 is 10.6 Å². The molecule has 0 aliphatic carbocycles. The van der Waals surface area contributed by atoms with Gasteiger partial charge in [0.25, 0.3) is 0 Å². The first kappa shape index (κ1) is 65.6. The van der Waals surface area contributed by atoms with Crippen molar-refractivity contribution in [2.24, 2.45) is 91.2 Å². The van der Waals surface area contributed by atoms with Crippen LogP contribution in [0, 0.1) is 91.2 Å². The molecule has 0 spiro atoms. The monoisotopic (exact) mass is 1120 g/mol. The van der Waals surface area contributed by atoms with Gasteiger partial charge < -0.3 is 30.2 Å². The van der Waals surface area contributed by atoms with Gasteiger partial charge in [-0.1, -0.05) is 170 Å². The Morgan fingerprint density at radius 1 is 0.395 bits per heavy atom. The molecule has 0 aromatic carbocycles. The zero-order valence-corrected chi connectivity index (χ0v) is 57.6. The molecule has 2 N–H and O–H groups in total. The van der Waals surface area contributed by atoms with E-state index in [1.807, 2.05) is 0 Å². The Kier molecular flexibility index (Phi) is 20.6. The van der Waals surface area contributed by atoms with Gasteiger partial charge in [0.15, 0.2) is 0 Å². The minimum atomic E-state index is 0.458. The third kappa shape index (κ3) is 17.2. The summed E-state index contributed by atoms with van der Waals surface area (Å²) < 4.78 is 0. The highest BCUT2D eigenvalue weighted by molar-refractivity contribution is 5.14. The molecule has 466 valence electrons. The van der Waals surface area contributed by atoms with Crippen LogP contribution in [0.4, 0.5) is 0 Å². The maximum absolute atomic E-state index is 3.69. The molecule has 14 aliphatic heterocycles. The van der Waals surface area contributed by atoms with E-state index in [0.717, 1.165) is 89.5 Å². The summed E-state index contributed by atoms with van der Waals surface area (Å²) in [7, 11) is 2.32. The second-order valence-electron chi connectivity index (χ2n) is 37.5. The van der Waals surface area contributed by atoms with Crippen LogP contribution in [0.25, 0.3) is 0 Å². The highest BCUT2D eigenvalue weighted by Crippen LogP contribution is 2.47. The van der Waals surface area contributed by atoms with Gasteiger partial charge in [-0.25, -0.2) is 0 Å². The summed E-state index contributed by atoms with van der Waals surface area (Å²) in [5.41, 5.74) is 3.55. The lowest BCUT2D eigenvalue weighted by atomic mass is 9.73. The first-order valence-electron chi connectivity index (χ1n) is 34.6. The van der Waals surface area contributed by atoms with Gasteiger partial charge in [0.2, 0.25) is 0 Å². The van der Waals surface area contributed by atoms with Crippen LogP contribution in [-0.4, -0.2) is 132 Å². The van der Waals surface area contributed by atoms with Crippen molar-refractivity contribution in [1.82, 2.24) is 35.1 Å². The predicted molar refractivity (Wildman–Crippen MR) is 350 cm³/mol. The molecular weight excluding hydrogens is 987 g/mol. The van der Waals surface area contributed by atoms with E-state index in [1.165, 1.54) is 142 Å². The van der Waals surface area contributed by atoms with E-state index in [1.54, 1.807) is 0 Å². The number of nitrogens with zero attached hydrogens (tertiary/aromatic N) is 5. The topological polar surface area (TPSA) is 40.3 Å². The highest BCUT2D eigenvalue weighted by atomic mass is 15.2. The normalized spacial score (nSPS) is 40.1. The molecule has 81 heavy (non-hydrogen) atoms. The zero-order chi connectivity index (χ0) is 59.4. The van der Waals surface area contributed by atoms with Crippen molar-refractivity contribution in [3.8, 4) is 0 Å². The molecule has 0 aromatic heterocycles. The second-order valence-corrected chi connectivity index (χ2v) is 37.5. The average Bonchev–Trinajstić information content (AvgIpc) is 4.26.